The molecule has 1 aliphatic heterocycles. The molecule has 0 aliphatic carbocycles. The number of hydrogen-bond donors (Lipinski definition) is 1. The van der Waals surface area contributed by atoms with E-state index in [9.17, 15) is 18.0 Å². The number of benzene rings is 2. The third-order valence-corrected chi connectivity index (χ3v) is 7.08. The van der Waals surface area contributed by atoms with E-state index in [-0.39, 0.29) is 16.8 Å². The van der Waals surface area contributed by atoms with E-state index in [4.69, 9.17) is 9.88 Å². The van der Waals surface area contributed by atoms with Crippen molar-refractivity contribution >= 4 is 27.6 Å². The van der Waals surface area contributed by atoms with Crippen LogP contribution in [0, 0.1) is 13.8 Å². The second kappa shape index (κ2) is 9.08. The first-order valence-electron chi connectivity index (χ1n) is 10.9. The van der Waals surface area contributed by atoms with Gasteiger partial charge in [0.15, 0.2) is 6.61 Å². The van der Waals surface area contributed by atoms with Gasteiger partial charge in [-0.25, -0.2) is 18.4 Å². The van der Waals surface area contributed by atoms with Crippen LogP contribution in [0.15, 0.2) is 59.5 Å². The largest absolute Gasteiger partial charge is 0.452 e. The highest BCUT2D eigenvalue weighted by atomic mass is 32.2. The number of sulfonamides is 1. The smallest absolute Gasteiger partial charge is 0.340 e. The number of fused-ring (bicyclic) bond motifs is 1. The number of amides is 1. The Hall–Kier alpha value is -3.43. The molecule has 0 saturated carbocycles. The van der Waals surface area contributed by atoms with Crippen LogP contribution in [-0.4, -0.2) is 37.5 Å². The van der Waals surface area contributed by atoms with E-state index in [2.05, 4.69) is 0 Å². The van der Waals surface area contributed by atoms with Crippen molar-refractivity contribution in [2.24, 2.45) is 5.14 Å². The van der Waals surface area contributed by atoms with Gasteiger partial charge in [0.2, 0.25) is 10.0 Å². The summed E-state index contributed by atoms with van der Waals surface area (Å²) in [6.07, 6.45) is 0.485. The number of aryl methyl sites for hydroxylation is 1. The number of anilines is 1. The standard InChI is InChI=1S/C25H27N3O5S/c1-16-12-22(18(3)27(16)14-19-7-5-4-6-8-19)25(30)33-15-24(29)28-17(2)11-20-13-21(34(26,31)32)9-10-23(20)28/h4-10,12-13,17H,11,14-15H2,1-3H3,(H2,26,31,32). The van der Waals surface area contributed by atoms with Crippen molar-refractivity contribution in [2.45, 2.75) is 44.7 Å². The van der Waals surface area contributed by atoms with E-state index < -0.39 is 22.6 Å². The summed E-state index contributed by atoms with van der Waals surface area (Å²) in [5.74, 6) is -0.932. The Balaban J connectivity index is 1.46. The van der Waals surface area contributed by atoms with Crippen molar-refractivity contribution in [1.29, 1.82) is 0 Å². The summed E-state index contributed by atoms with van der Waals surface area (Å²) in [5.41, 5.74) is 4.55. The molecule has 0 saturated heterocycles. The maximum Gasteiger partial charge on any atom is 0.340 e. The molecular weight excluding hydrogens is 454 g/mol. The van der Waals surface area contributed by atoms with Gasteiger partial charge in [0.1, 0.15) is 0 Å². The highest BCUT2D eigenvalue weighted by molar-refractivity contribution is 7.89. The number of rotatable bonds is 6. The highest BCUT2D eigenvalue weighted by Gasteiger charge is 2.32. The predicted molar refractivity (Wildman–Crippen MR) is 128 cm³/mol. The zero-order chi connectivity index (χ0) is 24.6. The normalized spacial score (nSPS) is 15.3. The summed E-state index contributed by atoms with van der Waals surface area (Å²) >= 11 is 0. The Labute approximate surface area is 199 Å². The van der Waals surface area contributed by atoms with Crippen LogP contribution in [-0.2, 0) is 32.5 Å². The molecule has 1 atom stereocenters. The monoisotopic (exact) mass is 481 g/mol. The second-order valence-corrected chi connectivity index (χ2v) is 10.1. The van der Waals surface area contributed by atoms with E-state index in [1.807, 2.05) is 55.7 Å². The van der Waals surface area contributed by atoms with Crippen LogP contribution in [0.5, 0.6) is 0 Å². The number of primary sulfonamides is 1. The zero-order valence-electron chi connectivity index (χ0n) is 19.3. The lowest BCUT2D eigenvalue weighted by molar-refractivity contribution is -0.122. The molecule has 8 nitrogen and oxygen atoms in total. The van der Waals surface area contributed by atoms with Crippen LogP contribution in [0.4, 0.5) is 5.69 Å². The van der Waals surface area contributed by atoms with Crippen molar-refractivity contribution in [3.8, 4) is 0 Å². The molecule has 178 valence electrons. The fourth-order valence-corrected chi connectivity index (χ4v) is 5.02. The molecule has 2 N–H and O–H groups in total. The van der Waals surface area contributed by atoms with E-state index in [0.717, 1.165) is 17.0 Å². The van der Waals surface area contributed by atoms with E-state index in [1.165, 1.54) is 17.0 Å². The summed E-state index contributed by atoms with van der Waals surface area (Å²) in [6.45, 7) is 5.86. The van der Waals surface area contributed by atoms with Gasteiger partial charge < -0.3 is 14.2 Å². The maximum absolute atomic E-state index is 12.9. The fourth-order valence-electron chi connectivity index (χ4n) is 4.46. The lowest BCUT2D eigenvalue weighted by atomic mass is 10.1. The highest BCUT2D eigenvalue weighted by Crippen LogP contribution is 2.33. The van der Waals surface area contributed by atoms with E-state index >= 15 is 0 Å². The minimum Gasteiger partial charge on any atom is -0.452 e. The van der Waals surface area contributed by atoms with Crippen molar-refractivity contribution in [1.82, 2.24) is 4.57 Å². The molecule has 3 aromatic rings. The lowest BCUT2D eigenvalue weighted by Gasteiger charge is -2.22. The zero-order valence-corrected chi connectivity index (χ0v) is 20.1. The number of carbonyl (C=O) groups excluding carboxylic acids is 2. The first kappa shape index (κ1) is 23.7. The Morgan fingerprint density at radius 3 is 2.47 bits per heavy atom. The molecule has 1 aliphatic rings. The third kappa shape index (κ3) is 4.62. The minimum atomic E-state index is -3.83. The van der Waals surface area contributed by atoms with Crippen molar-refractivity contribution in [3.05, 3.63) is 82.7 Å². The summed E-state index contributed by atoms with van der Waals surface area (Å²) in [5, 5.41) is 5.22. The molecular formula is C25H27N3O5S. The van der Waals surface area contributed by atoms with Crippen LogP contribution in [0.1, 0.15) is 39.8 Å². The van der Waals surface area contributed by atoms with Gasteiger partial charge in [0, 0.05) is 29.7 Å². The summed E-state index contributed by atoms with van der Waals surface area (Å²) in [4.78, 5) is 27.3. The average molecular weight is 482 g/mol. The fraction of sp³-hybridized carbons (Fsp3) is 0.280. The van der Waals surface area contributed by atoms with Gasteiger partial charge in [-0.15, -0.1) is 0 Å². The van der Waals surface area contributed by atoms with Gasteiger partial charge >= 0.3 is 5.97 Å². The molecule has 2 aromatic carbocycles. The van der Waals surface area contributed by atoms with Crippen LogP contribution in [0.2, 0.25) is 0 Å². The summed E-state index contributed by atoms with van der Waals surface area (Å²) in [6, 6.07) is 15.9. The van der Waals surface area contributed by atoms with E-state index in [0.29, 0.717) is 29.8 Å². The van der Waals surface area contributed by atoms with Crippen LogP contribution in [0.25, 0.3) is 0 Å². The third-order valence-electron chi connectivity index (χ3n) is 6.17. The molecule has 0 spiro atoms. The SMILES string of the molecule is Cc1cc(C(=O)OCC(=O)N2c3ccc(S(N)(=O)=O)cc3CC2C)c(C)n1Cc1ccccc1. The van der Waals surface area contributed by atoms with Gasteiger partial charge in [-0.2, -0.15) is 0 Å². The van der Waals surface area contributed by atoms with Gasteiger partial charge in [0.05, 0.1) is 10.5 Å². The first-order valence-corrected chi connectivity index (χ1v) is 12.5. The summed E-state index contributed by atoms with van der Waals surface area (Å²) in [7, 11) is -3.83. The Kier molecular flexibility index (Phi) is 6.33. The molecule has 2 heterocycles. The topological polar surface area (TPSA) is 112 Å². The van der Waals surface area contributed by atoms with Gasteiger partial charge in [-0.1, -0.05) is 30.3 Å². The van der Waals surface area contributed by atoms with Crippen molar-refractivity contribution in [3.63, 3.8) is 0 Å². The quantitative estimate of drug-likeness (QED) is 0.544. The number of aromatic nitrogens is 1. The number of esters is 1. The molecule has 9 heteroatoms. The first-order chi connectivity index (χ1) is 16.1. The summed E-state index contributed by atoms with van der Waals surface area (Å²) < 4.78 is 30.7. The molecule has 1 aromatic heterocycles. The lowest BCUT2D eigenvalue weighted by Crippen LogP contribution is -2.38. The van der Waals surface area contributed by atoms with E-state index in [1.54, 1.807) is 12.1 Å². The predicted octanol–water partition coefficient (Wildman–Crippen LogP) is 2.94. The van der Waals surface area contributed by atoms with Crippen LogP contribution < -0.4 is 10.0 Å². The van der Waals surface area contributed by atoms with Crippen molar-refractivity contribution in [2.75, 3.05) is 11.5 Å². The van der Waals surface area contributed by atoms with Crippen molar-refractivity contribution < 1.29 is 22.7 Å². The van der Waals surface area contributed by atoms with Crippen LogP contribution >= 0.6 is 0 Å². The molecule has 34 heavy (non-hydrogen) atoms. The van der Waals surface area contributed by atoms with Crippen LogP contribution in [0.3, 0.4) is 0 Å². The number of nitrogens with zero attached hydrogens (tertiary/aromatic N) is 2. The Morgan fingerprint density at radius 1 is 1.09 bits per heavy atom. The average Bonchev–Trinajstić information content (AvgIpc) is 3.27. The molecule has 1 unspecified atom stereocenters. The molecule has 4 rings (SSSR count). The number of ether oxygens (including phenoxy) is 1. The maximum atomic E-state index is 12.9. The molecule has 1 amide bonds. The Morgan fingerprint density at radius 2 is 1.79 bits per heavy atom. The molecule has 0 fully saturated rings. The Bertz CT molecular complexity index is 1360. The minimum absolute atomic E-state index is 0.00466. The number of carbonyl (C=O) groups is 2. The van der Waals surface area contributed by atoms with Gasteiger partial charge in [-0.3, -0.25) is 4.79 Å². The molecule has 0 radical (unpaired) electrons. The second-order valence-electron chi connectivity index (χ2n) is 8.59. The number of nitrogens with two attached hydrogens (primary N) is 1. The van der Waals surface area contributed by atoms with Gasteiger partial charge in [0.25, 0.3) is 5.91 Å². The number of hydrogen-bond acceptors (Lipinski definition) is 5. The molecule has 0 bridgehead atoms. The van der Waals surface area contributed by atoms with Gasteiger partial charge in [-0.05, 0) is 62.6 Å².